The molecule has 0 aromatic carbocycles. The molecule has 6 heteroatoms. The highest BCUT2D eigenvalue weighted by atomic mass is 19.4. The van der Waals surface area contributed by atoms with E-state index in [0.717, 1.165) is 18.2 Å². The van der Waals surface area contributed by atoms with Crippen LogP contribution in [0.5, 0.6) is 0 Å². The second kappa shape index (κ2) is 5.35. The van der Waals surface area contributed by atoms with Gasteiger partial charge in [0.2, 0.25) is 0 Å². The quantitative estimate of drug-likeness (QED) is 0.560. The van der Waals surface area contributed by atoms with Gasteiger partial charge in [-0.05, 0) is 11.6 Å². The predicted octanol–water partition coefficient (Wildman–Crippen LogP) is 1.63. The van der Waals surface area contributed by atoms with E-state index in [1.54, 1.807) is 0 Å². The highest BCUT2D eigenvalue weighted by molar-refractivity contribution is 5.80. The zero-order valence-electron chi connectivity index (χ0n) is 7.66. The molecule has 0 aromatic heterocycles. The second-order valence-electron chi connectivity index (χ2n) is 2.59. The molecule has 0 radical (unpaired) electrons. The third kappa shape index (κ3) is 5.02. The Hall–Kier alpha value is -1.56. The lowest BCUT2D eigenvalue weighted by Crippen LogP contribution is -2.38. The molecule has 0 heterocycles. The minimum Gasteiger partial charge on any atom is -0.478 e. The number of nitrogens with two attached hydrogens (primary N) is 1. The summed E-state index contributed by atoms with van der Waals surface area (Å²) in [6, 6.07) is -2.22. The van der Waals surface area contributed by atoms with Crippen molar-refractivity contribution in [3.8, 4) is 0 Å². The maximum absolute atomic E-state index is 12.2. The Morgan fingerprint density at radius 2 is 1.93 bits per heavy atom. The Balaban J connectivity index is 4.92. The first kappa shape index (κ1) is 13.4. The molecule has 0 aromatic rings. The van der Waals surface area contributed by atoms with Crippen LogP contribution in [0.1, 0.15) is 0 Å². The Morgan fingerprint density at radius 3 is 2.27 bits per heavy atom. The van der Waals surface area contributed by atoms with Gasteiger partial charge in [-0.2, -0.15) is 13.2 Å². The summed E-state index contributed by atoms with van der Waals surface area (Å²) >= 11 is 0. The number of allylic oxidation sites excluding steroid dienone is 2. The van der Waals surface area contributed by atoms with Crippen LogP contribution in [-0.4, -0.2) is 23.3 Å². The van der Waals surface area contributed by atoms with E-state index < -0.39 is 18.2 Å². The molecule has 0 spiro atoms. The van der Waals surface area contributed by atoms with E-state index in [9.17, 15) is 18.0 Å². The predicted molar refractivity (Wildman–Crippen MR) is 49.1 cm³/mol. The highest BCUT2D eigenvalue weighted by Crippen LogP contribution is 2.24. The minimum absolute atomic E-state index is 0.361. The van der Waals surface area contributed by atoms with Gasteiger partial charge in [0.1, 0.15) is 6.04 Å². The van der Waals surface area contributed by atoms with Crippen molar-refractivity contribution < 1.29 is 23.1 Å². The molecule has 0 saturated heterocycles. The molecule has 3 N–H and O–H groups in total. The Kier molecular flexibility index (Phi) is 4.80. The van der Waals surface area contributed by atoms with Crippen molar-refractivity contribution in [1.29, 1.82) is 0 Å². The molecule has 0 bridgehead atoms. The summed E-state index contributed by atoms with van der Waals surface area (Å²) < 4.78 is 36.5. The first-order valence-electron chi connectivity index (χ1n) is 3.85. The van der Waals surface area contributed by atoms with Crippen LogP contribution in [0.25, 0.3) is 0 Å². The van der Waals surface area contributed by atoms with Gasteiger partial charge in [0.15, 0.2) is 0 Å². The van der Waals surface area contributed by atoms with Gasteiger partial charge in [0.25, 0.3) is 0 Å². The number of hydrogen-bond acceptors (Lipinski definition) is 2. The van der Waals surface area contributed by atoms with Gasteiger partial charge in [-0.25, -0.2) is 4.79 Å². The molecule has 0 aliphatic rings. The monoisotopic (exact) mass is 221 g/mol. The van der Waals surface area contributed by atoms with Crippen LogP contribution in [0.2, 0.25) is 0 Å². The summed E-state index contributed by atoms with van der Waals surface area (Å²) in [6.45, 7) is 3.21. The van der Waals surface area contributed by atoms with E-state index in [4.69, 9.17) is 10.8 Å². The Labute approximate surface area is 84.4 Å². The fourth-order valence-corrected chi connectivity index (χ4v) is 0.755. The van der Waals surface area contributed by atoms with E-state index >= 15 is 0 Å². The van der Waals surface area contributed by atoms with E-state index in [2.05, 4.69) is 6.58 Å². The summed E-state index contributed by atoms with van der Waals surface area (Å²) in [6.07, 6.45) is -1.12. The maximum Gasteiger partial charge on any atom is 0.407 e. The molecule has 0 fully saturated rings. The largest absolute Gasteiger partial charge is 0.478 e. The van der Waals surface area contributed by atoms with E-state index in [1.165, 1.54) is 0 Å². The molecule has 84 valence electrons. The van der Waals surface area contributed by atoms with Crippen LogP contribution in [0.3, 0.4) is 0 Å². The van der Waals surface area contributed by atoms with Crippen molar-refractivity contribution >= 4 is 5.97 Å². The maximum atomic E-state index is 12.2. The first-order valence-corrected chi connectivity index (χ1v) is 3.85. The van der Waals surface area contributed by atoms with E-state index in [-0.39, 0.29) is 5.57 Å². The van der Waals surface area contributed by atoms with Crippen LogP contribution in [-0.2, 0) is 4.79 Å². The topological polar surface area (TPSA) is 63.3 Å². The molecule has 0 amide bonds. The number of carboxylic acids is 1. The number of carbonyl (C=O) groups is 1. The smallest absolute Gasteiger partial charge is 0.407 e. The standard InChI is InChI=1S/C9H10F3NO2/c1-2-3-6(4-5-7(14)15)8(13)9(10,11)12/h2-5,8H,1,13H2,(H,14,15)/b5-4+,6-3-. The first-order chi connectivity index (χ1) is 6.79. The SMILES string of the molecule is C=C/C=C(/C=C/C(=O)O)C(N)C(F)(F)F. The van der Waals surface area contributed by atoms with Crippen LogP contribution in [0.4, 0.5) is 13.2 Å². The molecule has 0 aliphatic heterocycles. The number of aliphatic carboxylic acids is 1. The van der Waals surface area contributed by atoms with Gasteiger partial charge in [-0.1, -0.05) is 18.7 Å². The summed E-state index contributed by atoms with van der Waals surface area (Å²) in [5.74, 6) is -1.35. The molecule has 1 atom stereocenters. The summed E-state index contributed by atoms with van der Waals surface area (Å²) in [5, 5.41) is 8.25. The van der Waals surface area contributed by atoms with Crippen molar-refractivity contribution in [2.75, 3.05) is 0 Å². The van der Waals surface area contributed by atoms with Gasteiger partial charge in [-0.15, -0.1) is 0 Å². The van der Waals surface area contributed by atoms with Gasteiger partial charge in [-0.3, -0.25) is 0 Å². The minimum atomic E-state index is -4.61. The lowest BCUT2D eigenvalue weighted by Gasteiger charge is -2.16. The van der Waals surface area contributed by atoms with Crippen molar-refractivity contribution in [3.05, 3.63) is 36.5 Å². The third-order valence-electron chi connectivity index (χ3n) is 1.44. The van der Waals surface area contributed by atoms with Crippen LogP contribution in [0.15, 0.2) is 36.5 Å². The van der Waals surface area contributed by atoms with Crippen molar-refractivity contribution in [2.45, 2.75) is 12.2 Å². The number of halogens is 3. The van der Waals surface area contributed by atoms with E-state index in [1.807, 2.05) is 0 Å². The fraction of sp³-hybridized carbons (Fsp3) is 0.222. The summed E-state index contributed by atoms with van der Waals surface area (Å²) in [7, 11) is 0. The average Bonchev–Trinajstić information content (AvgIpc) is 2.09. The molecule has 0 rings (SSSR count). The van der Waals surface area contributed by atoms with Crippen LogP contribution in [0, 0.1) is 0 Å². The molecular weight excluding hydrogens is 211 g/mol. The van der Waals surface area contributed by atoms with Crippen molar-refractivity contribution in [3.63, 3.8) is 0 Å². The Bertz CT molecular complexity index is 305. The lowest BCUT2D eigenvalue weighted by molar-refractivity contribution is -0.138. The normalized spacial score (nSPS) is 15.3. The average molecular weight is 221 g/mol. The van der Waals surface area contributed by atoms with Crippen molar-refractivity contribution in [1.82, 2.24) is 0 Å². The van der Waals surface area contributed by atoms with Crippen LogP contribution >= 0.6 is 0 Å². The number of hydrogen-bond donors (Lipinski definition) is 2. The molecule has 1 unspecified atom stereocenters. The molecule has 15 heavy (non-hydrogen) atoms. The Morgan fingerprint density at radius 1 is 1.40 bits per heavy atom. The van der Waals surface area contributed by atoms with E-state index in [0.29, 0.717) is 6.08 Å². The van der Waals surface area contributed by atoms with Gasteiger partial charge in [0, 0.05) is 6.08 Å². The lowest BCUT2D eigenvalue weighted by atomic mass is 10.1. The molecular formula is C9H10F3NO2. The number of rotatable bonds is 4. The summed E-state index contributed by atoms with van der Waals surface area (Å²) in [4.78, 5) is 10.1. The molecule has 0 aliphatic carbocycles. The number of alkyl halides is 3. The second-order valence-corrected chi connectivity index (χ2v) is 2.59. The van der Waals surface area contributed by atoms with Crippen molar-refractivity contribution in [2.24, 2.45) is 5.73 Å². The highest BCUT2D eigenvalue weighted by Gasteiger charge is 2.38. The van der Waals surface area contributed by atoms with Gasteiger partial charge < -0.3 is 10.8 Å². The zero-order chi connectivity index (χ0) is 12.1. The number of carboxylic acid groups (broad SMARTS) is 1. The van der Waals surface area contributed by atoms with Gasteiger partial charge in [0.05, 0.1) is 0 Å². The molecule has 0 saturated carbocycles. The van der Waals surface area contributed by atoms with Crippen LogP contribution < -0.4 is 5.73 Å². The van der Waals surface area contributed by atoms with Gasteiger partial charge >= 0.3 is 12.1 Å². The molecule has 3 nitrogen and oxygen atoms in total. The third-order valence-corrected chi connectivity index (χ3v) is 1.44. The fourth-order valence-electron chi connectivity index (χ4n) is 0.755. The zero-order valence-corrected chi connectivity index (χ0v) is 7.66. The summed E-state index contributed by atoms with van der Waals surface area (Å²) in [5.41, 5.74) is 4.52.